The highest BCUT2D eigenvalue weighted by Crippen LogP contribution is 2.48. The number of hydrogen-bond donors (Lipinski definition) is 1. The Morgan fingerprint density at radius 3 is 1.79 bits per heavy atom. The van der Waals surface area contributed by atoms with Gasteiger partial charge in [-0.15, -0.1) is 0 Å². The molecule has 5 rings (SSSR count). The van der Waals surface area contributed by atoms with E-state index in [4.69, 9.17) is 5.73 Å². The minimum absolute atomic E-state index is 0.380. The molecule has 1 amide bonds. The zero-order chi connectivity index (χ0) is 27.0. The Morgan fingerprint density at radius 2 is 1.26 bits per heavy atom. The molecule has 0 unspecified atom stereocenters. The molecule has 0 bridgehead atoms. The lowest BCUT2D eigenvalue weighted by atomic mass is 9.70. The molecule has 2 heteroatoms. The van der Waals surface area contributed by atoms with Crippen LogP contribution in [0.2, 0.25) is 0 Å². The molecule has 2 N–H and O–H groups in total. The van der Waals surface area contributed by atoms with E-state index in [-0.39, 0.29) is 5.91 Å². The van der Waals surface area contributed by atoms with Crippen LogP contribution in [0.15, 0.2) is 78.9 Å². The van der Waals surface area contributed by atoms with Crippen molar-refractivity contribution in [2.24, 2.45) is 5.73 Å². The van der Waals surface area contributed by atoms with Crippen LogP contribution < -0.4 is 5.73 Å². The molecule has 2 fully saturated rings. The SMILES string of the molecule is CCC(=C(c1ccccc1)c1ccc(C=CC(N)=O)c(C2CCCCC2)c1C1CCCCC1)c1ccccc1. The number of nitrogens with two attached hydrogens (primary N) is 1. The quantitative estimate of drug-likeness (QED) is 0.234. The molecule has 2 aliphatic rings. The number of carbonyl (C=O) groups excluding carboxylic acids is 1. The molecular formula is C37H43NO. The number of rotatable bonds is 8. The van der Waals surface area contributed by atoms with Crippen molar-refractivity contribution in [1.82, 2.24) is 0 Å². The molecular weight excluding hydrogens is 474 g/mol. The topological polar surface area (TPSA) is 43.1 Å². The predicted octanol–water partition coefficient (Wildman–Crippen LogP) is 9.65. The normalized spacial score (nSPS) is 17.8. The number of amides is 1. The van der Waals surface area contributed by atoms with Crippen molar-refractivity contribution in [3.8, 4) is 0 Å². The van der Waals surface area contributed by atoms with Crippen LogP contribution in [0.25, 0.3) is 17.2 Å². The number of hydrogen-bond acceptors (Lipinski definition) is 1. The standard InChI is InChI=1S/C37H43NO/c1-2-32(27-15-7-3-8-16-27)36(29-19-11-5-12-20-29)33-25-23-31(24-26-34(38)39)35(28-17-9-4-10-18-28)37(33)30-21-13-6-14-22-30/h3,5,7-8,11-12,15-16,19-20,23-26,28,30H,2,4,6,9-10,13-14,17-18,21-22H2,1H3,(H2,38,39). The highest BCUT2D eigenvalue weighted by molar-refractivity contribution is 6.00. The van der Waals surface area contributed by atoms with E-state index in [9.17, 15) is 4.79 Å². The van der Waals surface area contributed by atoms with Gasteiger partial charge in [0.25, 0.3) is 0 Å². The third-order valence-electron chi connectivity index (χ3n) is 8.88. The Balaban J connectivity index is 1.84. The maximum Gasteiger partial charge on any atom is 0.241 e. The minimum atomic E-state index is -0.380. The van der Waals surface area contributed by atoms with Crippen molar-refractivity contribution in [2.45, 2.75) is 89.4 Å². The summed E-state index contributed by atoms with van der Waals surface area (Å²) in [6.07, 6.45) is 17.2. The third kappa shape index (κ3) is 6.27. The van der Waals surface area contributed by atoms with Gasteiger partial charge in [0.05, 0.1) is 0 Å². The zero-order valence-corrected chi connectivity index (χ0v) is 23.5. The van der Waals surface area contributed by atoms with E-state index >= 15 is 0 Å². The van der Waals surface area contributed by atoms with Crippen LogP contribution in [0.3, 0.4) is 0 Å². The molecule has 3 aromatic rings. The van der Waals surface area contributed by atoms with E-state index < -0.39 is 0 Å². The van der Waals surface area contributed by atoms with Crippen LogP contribution in [0.4, 0.5) is 0 Å². The summed E-state index contributed by atoms with van der Waals surface area (Å²) < 4.78 is 0. The van der Waals surface area contributed by atoms with Gasteiger partial charge in [-0.3, -0.25) is 4.79 Å². The Morgan fingerprint density at radius 1 is 0.718 bits per heavy atom. The largest absolute Gasteiger partial charge is 0.366 e. The predicted molar refractivity (Wildman–Crippen MR) is 165 cm³/mol. The first-order chi connectivity index (χ1) is 19.2. The molecule has 0 saturated heterocycles. The van der Waals surface area contributed by atoms with Gasteiger partial charge in [-0.2, -0.15) is 0 Å². The molecule has 202 valence electrons. The van der Waals surface area contributed by atoms with E-state index in [1.165, 1.54) is 103 Å². The molecule has 2 aliphatic carbocycles. The van der Waals surface area contributed by atoms with Gasteiger partial charge in [-0.05, 0) is 94.5 Å². The molecule has 0 radical (unpaired) electrons. The lowest BCUT2D eigenvalue weighted by molar-refractivity contribution is -0.113. The van der Waals surface area contributed by atoms with Crippen LogP contribution in [-0.2, 0) is 4.79 Å². The molecule has 0 aliphatic heterocycles. The molecule has 3 aromatic carbocycles. The van der Waals surface area contributed by atoms with E-state index in [0.717, 1.165) is 6.42 Å². The second-order valence-electron chi connectivity index (χ2n) is 11.4. The third-order valence-corrected chi connectivity index (χ3v) is 8.88. The van der Waals surface area contributed by atoms with Crippen LogP contribution in [0.1, 0.15) is 123 Å². The summed E-state index contributed by atoms with van der Waals surface area (Å²) in [5.74, 6) is 0.692. The average Bonchev–Trinajstić information content (AvgIpc) is 3.00. The van der Waals surface area contributed by atoms with Gasteiger partial charge in [0.1, 0.15) is 0 Å². The molecule has 2 nitrogen and oxygen atoms in total. The summed E-state index contributed by atoms with van der Waals surface area (Å²) in [5.41, 5.74) is 16.6. The average molecular weight is 518 g/mol. The summed E-state index contributed by atoms with van der Waals surface area (Å²) >= 11 is 0. The lowest BCUT2D eigenvalue weighted by Gasteiger charge is -2.34. The highest BCUT2D eigenvalue weighted by atomic mass is 16.1. The fourth-order valence-corrected chi connectivity index (χ4v) is 7.13. The van der Waals surface area contributed by atoms with Gasteiger partial charge in [-0.25, -0.2) is 0 Å². The van der Waals surface area contributed by atoms with Crippen molar-refractivity contribution < 1.29 is 4.79 Å². The van der Waals surface area contributed by atoms with Crippen molar-refractivity contribution in [3.05, 3.63) is 112 Å². The summed E-state index contributed by atoms with van der Waals surface area (Å²) in [4.78, 5) is 11.8. The second kappa shape index (κ2) is 13.1. The van der Waals surface area contributed by atoms with Crippen LogP contribution in [-0.4, -0.2) is 5.91 Å². The Bertz CT molecular complexity index is 1310. The van der Waals surface area contributed by atoms with E-state index in [0.29, 0.717) is 11.8 Å². The number of allylic oxidation sites excluding steroid dienone is 1. The first-order valence-electron chi connectivity index (χ1n) is 15.2. The molecule has 0 atom stereocenters. The van der Waals surface area contributed by atoms with Gasteiger partial charge in [0.15, 0.2) is 0 Å². The number of carbonyl (C=O) groups is 1. The van der Waals surface area contributed by atoms with Gasteiger partial charge >= 0.3 is 0 Å². The Kier molecular flexibility index (Phi) is 9.14. The first kappa shape index (κ1) is 27.2. The first-order valence-corrected chi connectivity index (χ1v) is 15.2. The highest BCUT2D eigenvalue weighted by Gasteiger charge is 2.30. The monoisotopic (exact) mass is 517 g/mol. The van der Waals surface area contributed by atoms with E-state index in [1.54, 1.807) is 11.6 Å². The Hall–Kier alpha value is -3.39. The number of primary amides is 1. The van der Waals surface area contributed by atoms with E-state index in [1.807, 2.05) is 6.08 Å². The van der Waals surface area contributed by atoms with Gasteiger partial charge in [-0.1, -0.05) is 118 Å². The fraction of sp³-hybridized carbons (Fsp3) is 0.378. The van der Waals surface area contributed by atoms with Gasteiger partial charge in [0.2, 0.25) is 5.91 Å². The summed E-state index contributed by atoms with van der Waals surface area (Å²) in [5, 5.41) is 0. The van der Waals surface area contributed by atoms with Crippen LogP contribution >= 0.6 is 0 Å². The summed E-state index contributed by atoms with van der Waals surface area (Å²) in [7, 11) is 0. The molecule has 0 spiro atoms. The van der Waals surface area contributed by atoms with Crippen molar-refractivity contribution in [1.29, 1.82) is 0 Å². The number of benzene rings is 3. The van der Waals surface area contributed by atoms with Gasteiger partial charge in [0, 0.05) is 6.08 Å². The molecule has 0 heterocycles. The maximum absolute atomic E-state index is 11.8. The lowest BCUT2D eigenvalue weighted by Crippen LogP contribution is -2.17. The Labute approximate surface area is 235 Å². The van der Waals surface area contributed by atoms with E-state index in [2.05, 4.69) is 79.7 Å². The smallest absolute Gasteiger partial charge is 0.241 e. The van der Waals surface area contributed by atoms with Gasteiger partial charge < -0.3 is 5.73 Å². The molecule has 2 saturated carbocycles. The fourth-order valence-electron chi connectivity index (χ4n) is 7.13. The maximum atomic E-state index is 11.8. The molecule has 39 heavy (non-hydrogen) atoms. The van der Waals surface area contributed by atoms with Crippen molar-refractivity contribution in [2.75, 3.05) is 0 Å². The zero-order valence-electron chi connectivity index (χ0n) is 23.5. The summed E-state index contributed by atoms with van der Waals surface area (Å²) in [6, 6.07) is 26.6. The van der Waals surface area contributed by atoms with Crippen LogP contribution in [0, 0.1) is 0 Å². The summed E-state index contributed by atoms with van der Waals surface area (Å²) in [6.45, 7) is 2.29. The van der Waals surface area contributed by atoms with Crippen molar-refractivity contribution in [3.63, 3.8) is 0 Å². The second-order valence-corrected chi connectivity index (χ2v) is 11.4. The van der Waals surface area contributed by atoms with Crippen molar-refractivity contribution >= 4 is 23.1 Å². The van der Waals surface area contributed by atoms with Crippen LogP contribution in [0.5, 0.6) is 0 Å². The minimum Gasteiger partial charge on any atom is -0.366 e. The molecule has 0 aromatic heterocycles.